The molecule has 21 heavy (non-hydrogen) atoms. The number of carboxylic acids is 1. The number of nitrogens with zero attached hydrogens (tertiary/aromatic N) is 2. The SMILES string of the molecule is CCCNC(C)(Cn1cnc2cc(C)c(C)cc21)C(=O)O. The normalized spacial score (nSPS) is 14.3. The molecule has 0 saturated heterocycles. The van der Waals surface area contributed by atoms with Crippen molar-refractivity contribution in [3.05, 3.63) is 29.6 Å². The first-order valence-corrected chi connectivity index (χ1v) is 7.28. The van der Waals surface area contributed by atoms with Gasteiger partial charge in [0.1, 0.15) is 5.54 Å². The fourth-order valence-corrected chi connectivity index (χ4v) is 2.38. The zero-order valence-electron chi connectivity index (χ0n) is 13.1. The molecule has 5 nitrogen and oxygen atoms in total. The molecule has 1 heterocycles. The lowest BCUT2D eigenvalue weighted by Crippen LogP contribution is -2.52. The van der Waals surface area contributed by atoms with Crippen LogP contribution in [0, 0.1) is 13.8 Å². The lowest BCUT2D eigenvalue weighted by atomic mass is 10.0. The molecule has 1 aromatic heterocycles. The Morgan fingerprint density at radius 2 is 2.05 bits per heavy atom. The van der Waals surface area contributed by atoms with Crippen LogP contribution >= 0.6 is 0 Å². The van der Waals surface area contributed by atoms with E-state index in [9.17, 15) is 9.90 Å². The first-order chi connectivity index (χ1) is 9.87. The van der Waals surface area contributed by atoms with Gasteiger partial charge in [0, 0.05) is 0 Å². The zero-order chi connectivity index (χ0) is 15.6. The van der Waals surface area contributed by atoms with Crippen molar-refractivity contribution >= 4 is 17.0 Å². The van der Waals surface area contributed by atoms with E-state index in [1.54, 1.807) is 13.3 Å². The third-order valence-electron chi connectivity index (χ3n) is 3.96. The largest absolute Gasteiger partial charge is 0.480 e. The number of imidazole rings is 1. The molecule has 1 atom stereocenters. The average molecular weight is 289 g/mol. The number of carboxylic acid groups (broad SMARTS) is 1. The monoisotopic (exact) mass is 289 g/mol. The summed E-state index contributed by atoms with van der Waals surface area (Å²) in [7, 11) is 0. The third kappa shape index (κ3) is 3.08. The molecule has 5 heteroatoms. The molecular formula is C16H23N3O2. The van der Waals surface area contributed by atoms with Crippen LogP contribution in [0.25, 0.3) is 11.0 Å². The lowest BCUT2D eigenvalue weighted by Gasteiger charge is -2.27. The summed E-state index contributed by atoms with van der Waals surface area (Å²) in [5, 5.41) is 12.7. The zero-order valence-corrected chi connectivity index (χ0v) is 13.1. The van der Waals surface area contributed by atoms with Crippen molar-refractivity contribution in [1.82, 2.24) is 14.9 Å². The van der Waals surface area contributed by atoms with Crippen LogP contribution in [0.15, 0.2) is 18.5 Å². The van der Waals surface area contributed by atoms with Crippen molar-refractivity contribution in [3.8, 4) is 0 Å². The van der Waals surface area contributed by atoms with Crippen molar-refractivity contribution in [2.75, 3.05) is 6.54 Å². The molecular weight excluding hydrogens is 266 g/mol. The van der Waals surface area contributed by atoms with Gasteiger partial charge in [-0.25, -0.2) is 4.98 Å². The second-order valence-electron chi connectivity index (χ2n) is 5.86. The van der Waals surface area contributed by atoms with Crippen molar-refractivity contribution in [1.29, 1.82) is 0 Å². The molecule has 0 fully saturated rings. The van der Waals surface area contributed by atoms with Gasteiger partial charge in [-0.05, 0) is 57.0 Å². The topological polar surface area (TPSA) is 67.2 Å². The maximum absolute atomic E-state index is 11.6. The van der Waals surface area contributed by atoms with Gasteiger partial charge in [-0.1, -0.05) is 6.92 Å². The Kier molecular flexibility index (Phi) is 4.32. The van der Waals surface area contributed by atoms with Gasteiger partial charge in [-0.2, -0.15) is 0 Å². The Hall–Kier alpha value is -1.88. The van der Waals surface area contributed by atoms with Crippen LogP contribution in [0.5, 0.6) is 0 Å². The van der Waals surface area contributed by atoms with E-state index in [1.165, 1.54) is 11.1 Å². The third-order valence-corrected chi connectivity index (χ3v) is 3.96. The van der Waals surface area contributed by atoms with E-state index in [-0.39, 0.29) is 0 Å². The summed E-state index contributed by atoms with van der Waals surface area (Å²) >= 11 is 0. The van der Waals surface area contributed by atoms with Gasteiger partial charge in [-0.3, -0.25) is 4.79 Å². The minimum atomic E-state index is -0.998. The molecule has 0 aliphatic carbocycles. The van der Waals surface area contributed by atoms with Crippen LogP contribution in [0.3, 0.4) is 0 Å². The number of hydrogen-bond acceptors (Lipinski definition) is 3. The van der Waals surface area contributed by atoms with Gasteiger partial charge in [0.25, 0.3) is 0 Å². The molecule has 0 amide bonds. The molecule has 0 bridgehead atoms. The number of hydrogen-bond donors (Lipinski definition) is 2. The molecule has 2 aromatic rings. The smallest absolute Gasteiger partial charge is 0.325 e. The Balaban J connectivity index is 2.37. The highest BCUT2D eigenvalue weighted by molar-refractivity contribution is 5.80. The number of aromatic nitrogens is 2. The van der Waals surface area contributed by atoms with Gasteiger partial charge in [0.15, 0.2) is 0 Å². The Bertz CT molecular complexity index is 663. The van der Waals surface area contributed by atoms with Crippen molar-refractivity contribution in [2.24, 2.45) is 0 Å². The maximum Gasteiger partial charge on any atom is 0.325 e. The highest BCUT2D eigenvalue weighted by Gasteiger charge is 2.33. The van der Waals surface area contributed by atoms with Crippen molar-refractivity contribution in [3.63, 3.8) is 0 Å². The summed E-state index contributed by atoms with van der Waals surface area (Å²) in [6.45, 7) is 8.87. The van der Waals surface area contributed by atoms with Crippen LogP contribution in [-0.4, -0.2) is 32.7 Å². The standard InChI is InChI=1S/C16H23N3O2/c1-5-6-18-16(4,15(20)21)9-19-10-17-13-7-11(2)12(3)8-14(13)19/h7-8,10,18H,5-6,9H2,1-4H3,(H,20,21). The minimum Gasteiger partial charge on any atom is -0.480 e. The molecule has 1 aromatic carbocycles. The highest BCUT2D eigenvalue weighted by Crippen LogP contribution is 2.20. The fraction of sp³-hybridized carbons (Fsp3) is 0.500. The second kappa shape index (κ2) is 5.85. The van der Waals surface area contributed by atoms with Crippen LogP contribution in [0.2, 0.25) is 0 Å². The number of carbonyl (C=O) groups is 1. The van der Waals surface area contributed by atoms with Gasteiger partial charge >= 0.3 is 5.97 Å². The molecule has 0 aliphatic heterocycles. The Morgan fingerprint density at radius 1 is 1.38 bits per heavy atom. The first kappa shape index (κ1) is 15.5. The highest BCUT2D eigenvalue weighted by atomic mass is 16.4. The van der Waals surface area contributed by atoms with E-state index in [1.807, 2.05) is 17.6 Å². The molecule has 0 radical (unpaired) electrons. The molecule has 0 saturated carbocycles. The Morgan fingerprint density at radius 3 is 2.67 bits per heavy atom. The Labute approximate surface area is 125 Å². The number of benzene rings is 1. The molecule has 0 spiro atoms. The molecule has 114 valence electrons. The number of nitrogens with one attached hydrogen (secondary N) is 1. The number of aliphatic carboxylic acids is 1. The van der Waals surface area contributed by atoms with E-state index in [4.69, 9.17) is 0 Å². The van der Waals surface area contributed by atoms with Crippen LogP contribution in [0.4, 0.5) is 0 Å². The molecule has 0 aliphatic rings. The number of fused-ring (bicyclic) bond motifs is 1. The van der Waals surface area contributed by atoms with Crippen molar-refractivity contribution < 1.29 is 9.90 Å². The molecule has 2 N–H and O–H groups in total. The summed E-state index contributed by atoms with van der Waals surface area (Å²) in [5.74, 6) is -0.846. The predicted molar refractivity (Wildman–Crippen MR) is 83.5 cm³/mol. The summed E-state index contributed by atoms with van der Waals surface area (Å²) < 4.78 is 1.92. The summed E-state index contributed by atoms with van der Waals surface area (Å²) in [4.78, 5) is 16.0. The minimum absolute atomic E-state index is 0.349. The summed E-state index contributed by atoms with van der Waals surface area (Å²) in [6, 6.07) is 4.11. The number of aryl methyl sites for hydroxylation is 2. The maximum atomic E-state index is 11.6. The van der Waals surface area contributed by atoms with Crippen LogP contribution in [-0.2, 0) is 11.3 Å². The van der Waals surface area contributed by atoms with E-state index in [0.717, 1.165) is 17.5 Å². The first-order valence-electron chi connectivity index (χ1n) is 7.28. The van der Waals surface area contributed by atoms with Crippen LogP contribution < -0.4 is 5.32 Å². The molecule has 1 unspecified atom stereocenters. The van der Waals surface area contributed by atoms with Crippen molar-refractivity contribution in [2.45, 2.75) is 46.2 Å². The van der Waals surface area contributed by atoms with Gasteiger partial charge in [0.05, 0.1) is 23.9 Å². The number of rotatable bonds is 6. The summed E-state index contributed by atoms with van der Waals surface area (Å²) in [5.41, 5.74) is 3.26. The van der Waals surface area contributed by atoms with E-state index in [2.05, 4.69) is 30.2 Å². The van der Waals surface area contributed by atoms with Gasteiger partial charge < -0.3 is 15.0 Å². The lowest BCUT2D eigenvalue weighted by molar-refractivity contribution is -0.144. The van der Waals surface area contributed by atoms with Gasteiger partial charge in [0.2, 0.25) is 0 Å². The quantitative estimate of drug-likeness (QED) is 0.857. The van der Waals surface area contributed by atoms with E-state index < -0.39 is 11.5 Å². The van der Waals surface area contributed by atoms with E-state index in [0.29, 0.717) is 13.1 Å². The predicted octanol–water partition coefficient (Wildman–Crippen LogP) is 2.50. The molecule has 2 rings (SSSR count). The van der Waals surface area contributed by atoms with Gasteiger partial charge in [-0.15, -0.1) is 0 Å². The van der Waals surface area contributed by atoms with E-state index >= 15 is 0 Å². The van der Waals surface area contributed by atoms with Crippen LogP contribution in [0.1, 0.15) is 31.4 Å². The summed E-state index contributed by atoms with van der Waals surface area (Å²) in [6.07, 6.45) is 2.62. The average Bonchev–Trinajstić information content (AvgIpc) is 2.79. The fourth-order valence-electron chi connectivity index (χ4n) is 2.38. The second-order valence-corrected chi connectivity index (χ2v) is 5.86.